The molecule has 2 aliphatic heterocycles. The van der Waals surface area contributed by atoms with Crippen molar-refractivity contribution in [3.05, 3.63) is 34.5 Å². The summed E-state index contributed by atoms with van der Waals surface area (Å²) in [6, 6.07) is 5.08. The van der Waals surface area contributed by atoms with Gasteiger partial charge < -0.3 is 25.6 Å². The van der Waals surface area contributed by atoms with Gasteiger partial charge in [0.2, 0.25) is 5.91 Å². The summed E-state index contributed by atoms with van der Waals surface area (Å²) in [5, 5.41) is 21.4. The summed E-state index contributed by atoms with van der Waals surface area (Å²) in [5.74, 6) is -1.35. The van der Waals surface area contributed by atoms with Crippen molar-refractivity contribution in [3.63, 3.8) is 0 Å². The molecule has 2 aliphatic rings. The molecule has 1 saturated heterocycles. The van der Waals surface area contributed by atoms with E-state index in [2.05, 4.69) is 4.98 Å². The van der Waals surface area contributed by atoms with Crippen molar-refractivity contribution in [3.8, 4) is 0 Å². The van der Waals surface area contributed by atoms with Crippen molar-refractivity contribution >= 4 is 29.5 Å². The number of amides is 1. The van der Waals surface area contributed by atoms with Crippen LogP contribution in [0.3, 0.4) is 0 Å². The number of hydrogen-bond acceptors (Lipinski definition) is 7. The number of anilines is 1. The van der Waals surface area contributed by atoms with Crippen LogP contribution in [-0.4, -0.2) is 44.8 Å². The molecule has 0 spiro atoms. The Morgan fingerprint density at radius 2 is 2.19 bits per heavy atom. The fourth-order valence-corrected chi connectivity index (χ4v) is 4.86. The Balaban J connectivity index is 0.00000243. The Morgan fingerprint density at radius 1 is 1.50 bits per heavy atom. The van der Waals surface area contributed by atoms with Gasteiger partial charge in [-0.05, 0) is 25.5 Å². The van der Waals surface area contributed by atoms with E-state index in [4.69, 9.17) is 5.73 Å². The fraction of sp³-hybridized carbons (Fsp3) is 0.471. The second-order valence-corrected chi connectivity index (χ2v) is 7.54. The molecule has 0 bridgehead atoms. The minimum absolute atomic E-state index is 0. The largest absolute Gasteiger partial charge is 1.00 e. The number of aromatic nitrogens is 1. The van der Waals surface area contributed by atoms with E-state index >= 15 is 0 Å². The summed E-state index contributed by atoms with van der Waals surface area (Å²) in [7, 11) is 0. The standard InChI is InChI=1S/C17H21N3O4S.Na/c1-8-13-12(9(2)21)16(22)20(13)14(17(23)24)15(8)25-7-6-10-4-3-5-11(18)19-10;/h3-5,8-9,12-13,21H,6-7H2,1-2H3,(H2,18,19)(H,23,24);/q;+1/p-1. The van der Waals surface area contributed by atoms with Crippen molar-refractivity contribution in [1.82, 2.24) is 9.88 Å². The van der Waals surface area contributed by atoms with E-state index in [1.807, 2.05) is 19.1 Å². The molecule has 4 atom stereocenters. The number of pyridine rings is 1. The van der Waals surface area contributed by atoms with Crippen molar-refractivity contribution in [2.75, 3.05) is 11.5 Å². The van der Waals surface area contributed by atoms with Gasteiger partial charge in [-0.2, -0.15) is 0 Å². The molecule has 3 heterocycles. The van der Waals surface area contributed by atoms with Crippen LogP contribution in [-0.2, 0) is 16.0 Å². The maximum absolute atomic E-state index is 12.2. The SMILES string of the molecule is CC(O)C1C(=O)N2C(C(=O)[O-])=C(SCCc3cccc(N)n3)C(C)C12.[Na+]. The zero-order chi connectivity index (χ0) is 18.3. The van der Waals surface area contributed by atoms with E-state index < -0.39 is 18.0 Å². The van der Waals surface area contributed by atoms with Gasteiger partial charge in [0, 0.05) is 22.3 Å². The predicted molar refractivity (Wildman–Crippen MR) is 91.8 cm³/mol. The second kappa shape index (κ2) is 8.31. The summed E-state index contributed by atoms with van der Waals surface area (Å²) < 4.78 is 0. The second-order valence-electron chi connectivity index (χ2n) is 6.41. The van der Waals surface area contributed by atoms with Gasteiger partial charge in [-0.1, -0.05) is 13.0 Å². The first kappa shape index (κ1) is 21.2. The molecule has 134 valence electrons. The maximum Gasteiger partial charge on any atom is 1.00 e. The number of carbonyl (C=O) groups excluding carboxylic acids is 2. The zero-order valence-electron chi connectivity index (χ0n) is 15.0. The van der Waals surface area contributed by atoms with Crippen LogP contribution in [0.2, 0.25) is 0 Å². The van der Waals surface area contributed by atoms with E-state index in [0.29, 0.717) is 22.9 Å². The van der Waals surface area contributed by atoms with E-state index in [1.54, 1.807) is 13.0 Å². The Morgan fingerprint density at radius 3 is 2.77 bits per heavy atom. The number of nitrogen functional groups attached to an aromatic ring is 1. The molecule has 7 nitrogen and oxygen atoms in total. The molecule has 26 heavy (non-hydrogen) atoms. The molecule has 9 heteroatoms. The molecular weight excluding hydrogens is 365 g/mol. The first-order valence-electron chi connectivity index (χ1n) is 8.13. The van der Waals surface area contributed by atoms with Gasteiger partial charge in [0.15, 0.2) is 0 Å². The molecule has 3 rings (SSSR count). The first-order chi connectivity index (χ1) is 11.8. The van der Waals surface area contributed by atoms with Gasteiger partial charge in [-0.25, -0.2) is 4.98 Å². The third-order valence-corrected chi connectivity index (χ3v) is 6.03. The molecule has 0 aromatic carbocycles. The van der Waals surface area contributed by atoms with E-state index in [0.717, 1.165) is 5.69 Å². The molecule has 0 aliphatic carbocycles. The fourth-order valence-electron chi connectivity index (χ4n) is 3.61. The van der Waals surface area contributed by atoms with E-state index in [1.165, 1.54) is 16.7 Å². The van der Waals surface area contributed by atoms with Crippen molar-refractivity contribution in [1.29, 1.82) is 0 Å². The third kappa shape index (κ3) is 3.66. The Hall–Kier alpha value is -1.06. The van der Waals surface area contributed by atoms with E-state index in [-0.39, 0.29) is 53.1 Å². The Bertz CT molecular complexity index is 755. The van der Waals surface area contributed by atoms with Crippen LogP contribution in [0.1, 0.15) is 19.5 Å². The van der Waals surface area contributed by atoms with Gasteiger partial charge >= 0.3 is 29.6 Å². The van der Waals surface area contributed by atoms with Crippen LogP contribution < -0.4 is 40.4 Å². The number of fused-ring (bicyclic) bond motifs is 1. The average Bonchev–Trinajstić information content (AvgIpc) is 2.77. The number of β-lactam (4-membered cyclic amide) rings is 1. The predicted octanol–water partition coefficient (Wildman–Crippen LogP) is -3.24. The summed E-state index contributed by atoms with van der Waals surface area (Å²) in [6.45, 7) is 3.44. The number of rotatable bonds is 6. The van der Waals surface area contributed by atoms with Gasteiger partial charge in [0.05, 0.1) is 29.7 Å². The van der Waals surface area contributed by atoms with Crippen LogP contribution in [0, 0.1) is 11.8 Å². The molecule has 1 amide bonds. The maximum atomic E-state index is 12.2. The number of carboxylic acid groups (broad SMARTS) is 1. The van der Waals surface area contributed by atoms with Crippen LogP contribution >= 0.6 is 11.8 Å². The molecule has 1 aromatic rings. The summed E-state index contributed by atoms with van der Waals surface area (Å²) in [6.07, 6.45) is -0.176. The number of nitrogens with zero attached hydrogens (tertiary/aromatic N) is 2. The number of thioether (sulfide) groups is 1. The molecule has 0 saturated carbocycles. The van der Waals surface area contributed by atoms with Crippen molar-refractivity contribution in [2.24, 2.45) is 11.8 Å². The Kier molecular flexibility index (Phi) is 6.79. The van der Waals surface area contributed by atoms with Crippen molar-refractivity contribution < 1.29 is 49.4 Å². The van der Waals surface area contributed by atoms with Crippen LogP contribution in [0.5, 0.6) is 0 Å². The minimum atomic E-state index is -1.35. The van der Waals surface area contributed by atoms with Gasteiger partial charge in [-0.3, -0.25) is 4.79 Å². The third-order valence-electron chi connectivity index (χ3n) is 4.75. The number of aryl methyl sites for hydroxylation is 1. The molecule has 3 N–H and O–H groups in total. The number of aliphatic hydroxyl groups is 1. The van der Waals surface area contributed by atoms with Crippen LogP contribution in [0.4, 0.5) is 5.82 Å². The number of aliphatic hydroxyl groups excluding tert-OH is 1. The van der Waals surface area contributed by atoms with Crippen LogP contribution in [0.25, 0.3) is 0 Å². The number of carbonyl (C=O) groups is 2. The summed E-state index contributed by atoms with van der Waals surface area (Å²) >= 11 is 1.40. The molecular formula is C17H20N3NaO4S. The number of aliphatic carboxylic acids is 1. The van der Waals surface area contributed by atoms with E-state index in [9.17, 15) is 19.8 Å². The summed E-state index contributed by atoms with van der Waals surface area (Å²) in [5.41, 5.74) is 6.44. The minimum Gasteiger partial charge on any atom is -0.543 e. The molecule has 4 unspecified atom stereocenters. The topological polar surface area (TPSA) is 120 Å². The molecule has 1 aromatic heterocycles. The number of nitrogens with two attached hydrogens (primary N) is 1. The molecule has 1 fully saturated rings. The van der Waals surface area contributed by atoms with Gasteiger partial charge in [0.25, 0.3) is 0 Å². The average molecular weight is 385 g/mol. The van der Waals surface area contributed by atoms with Crippen LogP contribution in [0.15, 0.2) is 28.8 Å². The monoisotopic (exact) mass is 385 g/mol. The summed E-state index contributed by atoms with van der Waals surface area (Å²) in [4.78, 5) is 29.9. The van der Waals surface area contributed by atoms with Gasteiger partial charge in [-0.15, -0.1) is 11.8 Å². The zero-order valence-corrected chi connectivity index (χ0v) is 17.8. The normalized spacial score (nSPS) is 25.4. The quantitative estimate of drug-likeness (QED) is 0.390. The first-order valence-corrected chi connectivity index (χ1v) is 9.12. The van der Waals surface area contributed by atoms with Gasteiger partial charge in [0.1, 0.15) is 5.82 Å². The van der Waals surface area contributed by atoms with Crippen molar-refractivity contribution in [2.45, 2.75) is 32.4 Å². The smallest absolute Gasteiger partial charge is 0.543 e. The number of hydrogen-bond donors (Lipinski definition) is 2. The number of carboxylic acids is 1. The Labute approximate surface area is 178 Å². The molecule has 0 radical (unpaired) electrons.